The molecule has 0 aliphatic carbocycles. The van der Waals surface area contributed by atoms with E-state index in [1.807, 2.05) is 41.0 Å². The number of rotatable bonds is 2. The molecule has 0 radical (unpaired) electrons. The van der Waals surface area contributed by atoms with Gasteiger partial charge in [-0.05, 0) is 25.8 Å². The molecule has 6 heteroatoms. The van der Waals surface area contributed by atoms with E-state index in [9.17, 15) is 9.59 Å². The zero-order valence-electron chi connectivity index (χ0n) is 13.8. The number of carbonyl (C=O) groups is 2. The van der Waals surface area contributed by atoms with Crippen molar-refractivity contribution in [1.29, 1.82) is 0 Å². The van der Waals surface area contributed by atoms with E-state index in [0.29, 0.717) is 13.1 Å². The molecule has 1 aromatic carbocycles. The van der Waals surface area contributed by atoms with Crippen molar-refractivity contribution in [3.8, 4) is 0 Å². The number of amides is 3. The van der Waals surface area contributed by atoms with E-state index >= 15 is 0 Å². The molecule has 0 unspecified atom stereocenters. The van der Waals surface area contributed by atoms with Crippen LogP contribution in [-0.4, -0.2) is 58.9 Å². The summed E-state index contributed by atoms with van der Waals surface area (Å²) in [5.74, 6) is 0.0919. The van der Waals surface area contributed by atoms with Crippen molar-refractivity contribution in [2.45, 2.75) is 25.8 Å². The molecular formula is C18H22N4O2. The van der Waals surface area contributed by atoms with Crippen molar-refractivity contribution in [1.82, 2.24) is 20.1 Å². The Bertz CT molecular complexity index is 789. The number of piperidine rings is 1. The number of benzene rings is 1. The van der Waals surface area contributed by atoms with Crippen LogP contribution in [0.4, 0.5) is 4.79 Å². The molecule has 4 rings (SSSR count). The third-order valence-corrected chi connectivity index (χ3v) is 5.19. The number of aromatic amines is 1. The number of para-hydroxylation sites is 1. The van der Waals surface area contributed by atoms with Gasteiger partial charge in [0, 0.05) is 48.8 Å². The second-order valence-corrected chi connectivity index (χ2v) is 6.62. The highest BCUT2D eigenvalue weighted by Crippen LogP contribution is 2.26. The average Bonchev–Trinajstić information content (AvgIpc) is 3.16. The van der Waals surface area contributed by atoms with Gasteiger partial charge in [-0.2, -0.15) is 0 Å². The molecular weight excluding hydrogens is 304 g/mol. The summed E-state index contributed by atoms with van der Waals surface area (Å²) in [5, 5.41) is 3.84. The summed E-state index contributed by atoms with van der Waals surface area (Å²) in [4.78, 5) is 31.9. The molecule has 0 saturated carbocycles. The maximum atomic E-state index is 13.0. The Balaban J connectivity index is 1.50. The van der Waals surface area contributed by atoms with Crippen molar-refractivity contribution in [2.24, 2.45) is 0 Å². The van der Waals surface area contributed by atoms with Crippen LogP contribution in [0.2, 0.25) is 0 Å². The fraction of sp³-hybridized carbons (Fsp3) is 0.444. The molecule has 0 bridgehead atoms. The Morgan fingerprint density at radius 1 is 1.17 bits per heavy atom. The van der Waals surface area contributed by atoms with E-state index in [0.717, 1.165) is 48.1 Å². The summed E-state index contributed by atoms with van der Waals surface area (Å²) in [6.07, 6.45) is 1.70. The van der Waals surface area contributed by atoms with Gasteiger partial charge in [-0.25, -0.2) is 4.79 Å². The van der Waals surface area contributed by atoms with Crippen molar-refractivity contribution in [3.05, 3.63) is 35.5 Å². The smallest absolute Gasteiger partial charge is 0.317 e. The van der Waals surface area contributed by atoms with Crippen LogP contribution in [0.15, 0.2) is 24.3 Å². The van der Waals surface area contributed by atoms with E-state index < -0.39 is 0 Å². The molecule has 6 nitrogen and oxygen atoms in total. The molecule has 2 saturated heterocycles. The molecule has 2 aliphatic rings. The molecule has 0 spiro atoms. The Morgan fingerprint density at radius 3 is 2.62 bits per heavy atom. The maximum Gasteiger partial charge on any atom is 0.317 e. The van der Waals surface area contributed by atoms with Crippen LogP contribution in [0.1, 0.15) is 28.9 Å². The maximum absolute atomic E-state index is 13.0. The van der Waals surface area contributed by atoms with Gasteiger partial charge in [0.15, 0.2) is 0 Å². The van der Waals surface area contributed by atoms with Gasteiger partial charge >= 0.3 is 6.03 Å². The fourth-order valence-electron chi connectivity index (χ4n) is 3.93. The van der Waals surface area contributed by atoms with E-state index in [4.69, 9.17) is 0 Å². The number of aromatic nitrogens is 1. The van der Waals surface area contributed by atoms with Gasteiger partial charge in [-0.3, -0.25) is 4.79 Å². The lowest BCUT2D eigenvalue weighted by atomic mass is 10.0. The second kappa shape index (κ2) is 5.85. The molecule has 1 aromatic heterocycles. The summed E-state index contributed by atoms with van der Waals surface area (Å²) >= 11 is 0. The number of hydrogen-bond donors (Lipinski definition) is 2. The average molecular weight is 326 g/mol. The minimum atomic E-state index is 0.0345. The van der Waals surface area contributed by atoms with Crippen molar-refractivity contribution >= 4 is 22.8 Å². The first kappa shape index (κ1) is 15.1. The number of hydrogen-bond acceptors (Lipinski definition) is 2. The highest BCUT2D eigenvalue weighted by atomic mass is 16.2. The van der Waals surface area contributed by atoms with Crippen LogP contribution in [0, 0.1) is 6.92 Å². The largest absolute Gasteiger partial charge is 0.358 e. The summed E-state index contributed by atoms with van der Waals surface area (Å²) in [7, 11) is 0. The predicted molar refractivity (Wildman–Crippen MR) is 92.1 cm³/mol. The molecule has 3 heterocycles. The normalized spacial score (nSPS) is 19.1. The Morgan fingerprint density at radius 2 is 1.92 bits per heavy atom. The van der Waals surface area contributed by atoms with E-state index in [2.05, 4.69) is 10.3 Å². The Kier molecular flexibility index (Phi) is 3.67. The minimum absolute atomic E-state index is 0.0345. The molecule has 0 atom stereocenters. The van der Waals surface area contributed by atoms with Gasteiger partial charge in [0.25, 0.3) is 5.91 Å². The topological polar surface area (TPSA) is 68.4 Å². The molecule has 24 heavy (non-hydrogen) atoms. The lowest BCUT2D eigenvalue weighted by molar-refractivity contribution is 0.0667. The standard InChI is InChI=1S/C18H22N4O2/c1-12-16(14-4-2-3-5-15(14)20-12)17(23)21-9-6-13(7-10-21)22-11-8-19-18(22)24/h2-5,13,20H,6-11H2,1H3,(H,19,24). The van der Waals surface area contributed by atoms with Crippen LogP contribution < -0.4 is 5.32 Å². The summed E-state index contributed by atoms with van der Waals surface area (Å²) < 4.78 is 0. The SMILES string of the molecule is Cc1[nH]c2ccccc2c1C(=O)N1CCC(N2CCNC2=O)CC1. The number of nitrogens with one attached hydrogen (secondary N) is 2. The molecule has 126 valence electrons. The van der Waals surface area contributed by atoms with Crippen molar-refractivity contribution in [2.75, 3.05) is 26.2 Å². The number of fused-ring (bicyclic) bond motifs is 1. The Hall–Kier alpha value is -2.50. The summed E-state index contributed by atoms with van der Waals surface area (Å²) in [6.45, 7) is 4.86. The minimum Gasteiger partial charge on any atom is -0.358 e. The lowest BCUT2D eigenvalue weighted by Crippen LogP contribution is -2.47. The number of H-pyrrole nitrogens is 1. The monoisotopic (exact) mass is 326 g/mol. The van der Waals surface area contributed by atoms with Crippen molar-refractivity contribution in [3.63, 3.8) is 0 Å². The summed E-state index contributed by atoms with van der Waals surface area (Å²) in [6, 6.07) is 8.21. The first-order valence-electron chi connectivity index (χ1n) is 8.56. The van der Waals surface area contributed by atoms with E-state index in [1.165, 1.54) is 0 Å². The quantitative estimate of drug-likeness (QED) is 0.887. The molecule has 2 aliphatic heterocycles. The molecule has 3 amide bonds. The second-order valence-electron chi connectivity index (χ2n) is 6.62. The Labute approximate surface area is 140 Å². The number of carbonyl (C=O) groups excluding carboxylic acids is 2. The molecule has 2 N–H and O–H groups in total. The van der Waals surface area contributed by atoms with Gasteiger partial charge in [-0.1, -0.05) is 18.2 Å². The van der Waals surface area contributed by atoms with Gasteiger partial charge in [0.2, 0.25) is 0 Å². The van der Waals surface area contributed by atoms with E-state index in [1.54, 1.807) is 0 Å². The fourth-order valence-corrected chi connectivity index (χ4v) is 3.93. The third kappa shape index (κ3) is 2.42. The first-order chi connectivity index (χ1) is 11.6. The van der Waals surface area contributed by atoms with Gasteiger partial charge in [0.05, 0.1) is 5.56 Å². The van der Waals surface area contributed by atoms with Crippen LogP contribution >= 0.6 is 0 Å². The van der Waals surface area contributed by atoms with Gasteiger partial charge in [0.1, 0.15) is 0 Å². The summed E-state index contributed by atoms with van der Waals surface area (Å²) in [5.41, 5.74) is 2.70. The third-order valence-electron chi connectivity index (χ3n) is 5.19. The highest BCUT2D eigenvalue weighted by Gasteiger charge is 2.32. The number of likely N-dealkylation sites (tertiary alicyclic amines) is 1. The lowest BCUT2D eigenvalue weighted by Gasteiger charge is -2.36. The van der Waals surface area contributed by atoms with Crippen molar-refractivity contribution < 1.29 is 9.59 Å². The van der Waals surface area contributed by atoms with Gasteiger partial charge < -0.3 is 20.1 Å². The molecule has 2 aromatic rings. The molecule has 2 fully saturated rings. The van der Waals surface area contributed by atoms with Crippen LogP contribution in [0.5, 0.6) is 0 Å². The van der Waals surface area contributed by atoms with Crippen LogP contribution in [0.3, 0.4) is 0 Å². The van der Waals surface area contributed by atoms with Gasteiger partial charge in [-0.15, -0.1) is 0 Å². The predicted octanol–water partition coefficient (Wildman–Crippen LogP) is 2.11. The van der Waals surface area contributed by atoms with Crippen LogP contribution in [0.25, 0.3) is 10.9 Å². The first-order valence-corrected chi connectivity index (χ1v) is 8.56. The zero-order chi connectivity index (χ0) is 16.7. The van der Waals surface area contributed by atoms with Crippen LogP contribution in [-0.2, 0) is 0 Å². The number of urea groups is 1. The van der Waals surface area contributed by atoms with E-state index in [-0.39, 0.29) is 18.0 Å². The number of nitrogens with zero attached hydrogens (tertiary/aromatic N) is 2. The highest BCUT2D eigenvalue weighted by molar-refractivity contribution is 6.08. The number of aryl methyl sites for hydroxylation is 1. The zero-order valence-corrected chi connectivity index (χ0v) is 13.8.